The van der Waals surface area contributed by atoms with Crippen LogP contribution in [0.5, 0.6) is 0 Å². The summed E-state index contributed by atoms with van der Waals surface area (Å²) >= 11 is 0. The van der Waals surface area contributed by atoms with Crippen LogP contribution in [0.4, 0.5) is 22.0 Å². The van der Waals surface area contributed by atoms with Gasteiger partial charge in [0, 0.05) is 12.4 Å². The van der Waals surface area contributed by atoms with Gasteiger partial charge < -0.3 is 9.13 Å². The van der Waals surface area contributed by atoms with Crippen LogP contribution in [0.3, 0.4) is 0 Å². The lowest BCUT2D eigenvalue weighted by molar-refractivity contribution is -0.141. The van der Waals surface area contributed by atoms with E-state index in [0.29, 0.717) is 0 Å². The van der Waals surface area contributed by atoms with Crippen molar-refractivity contribution in [1.29, 1.82) is 0 Å². The number of benzene rings is 1. The van der Waals surface area contributed by atoms with E-state index in [4.69, 9.17) is 0 Å². The number of hydrogen-bond acceptors (Lipinski definition) is 2. The SMILES string of the molecule is O=c1c(=O)n(CC(F)(F)F)ccn1Cc1ccc(F)c(F)c1. The molecule has 0 amide bonds. The van der Waals surface area contributed by atoms with E-state index < -0.39 is 35.5 Å². The van der Waals surface area contributed by atoms with Crippen LogP contribution < -0.4 is 11.1 Å². The van der Waals surface area contributed by atoms with E-state index in [-0.39, 0.29) is 16.7 Å². The predicted molar refractivity (Wildman–Crippen MR) is 66.5 cm³/mol. The summed E-state index contributed by atoms with van der Waals surface area (Å²) in [6.07, 6.45) is -2.84. The number of aromatic nitrogens is 2. The Hall–Kier alpha value is -2.45. The summed E-state index contributed by atoms with van der Waals surface area (Å²) in [6, 6.07) is 2.88. The smallest absolute Gasteiger partial charge is 0.305 e. The lowest BCUT2D eigenvalue weighted by atomic mass is 10.2. The van der Waals surface area contributed by atoms with Gasteiger partial charge in [0.25, 0.3) is 0 Å². The average Bonchev–Trinajstić information content (AvgIpc) is 2.41. The second-order valence-corrected chi connectivity index (χ2v) is 4.53. The molecule has 22 heavy (non-hydrogen) atoms. The summed E-state index contributed by atoms with van der Waals surface area (Å²) in [5.74, 6) is -2.20. The van der Waals surface area contributed by atoms with Gasteiger partial charge in [0.15, 0.2) is 11.6 Å². The Kier molecular flexibility index (Phi) is 4.16. The molecule has 0 atom stereocenters. The third-order valence-corrected chi connectivity index (χ3v) is 2.82. The third kappa shape index (κ3) is 3.60. The highest BCUT2D eigenvalue weighted by molar-refractivity contribution is 5.18. The van der Waals surface area contributed by atoms with Gasteiger partial charge in [-0.05, 0) is 17.7 Å². The summed E-state index contributed by atoms with van der Waals surface area (Å²) in [6.45, 7) is -1.84. The van der Waals surface area contributed by atoms with E-state index in [1.165, 1.54) is 6.07 Å². The van der Waals surface area contributed by atoms with Gasteiger partial charge in [-0.15, -0.1) is 0 Å². The highest BCUT2D eigenvalue weighted by Crippen LogP contribution is 2.15. The van der Waals surface area contributed by atoms with Crippen LogP contribution in [0.2, 0.25) is 0 Å². The molecule has 0 aliphatic rings. The van der Waals surface area contributed by atoms with Crippen LogP contribution in [0, 0.1) is 11.6 Å². The molecule has 4 nitrogen and oxygen atoms in total. The van der Waals surface area contributed by atoms with Gasteiger partial charge in [-0.1, -0.05) is 6.07 Å². The van der Waals surface area contributed by atoms with E-state index in [2.05, 4.69) is 0 Å². The first-order valence-corrected chi connectivity index (χ1v) is 5.98. The van der Waals surface area contributed by atoms with Crippen LogP contribution in [0.25, 0.3) is 0 Å². The second kappa shape index (κ2) is 5.74. The fraction of sp³-hybridized carbons (Fsp3) is 0.231. The van der Waals surface area contributed by atoms with Crippen LogP contribution >= 0.6 is 0 Å². The fourth-order valence-electron chi connectivity index (χ4n) is 1.82. The molecular formula is C13H9F5N2O2. The number of hydrogen-bond donors (Lipinski definition) is 0. The monoisotopic (exact) mass is 320 g/mol. The largest absolute Gasteiger partial charge is 0.406 e. The lowest BCUT2D eigenvalue weighted by Gasteiger charge is -2.11. The van der Waals surface area contributed by atoms with Gasteiger partial charge in [0.1, 0.15) is 6.54 Å². The zero-order valence-electron chi connectivity index (χ0n) is 10.9. The molecule has 1 aromatic heterocycles. The number of rotatable bonds is 3. The molecular weight excluding hydrogens is 311 g/mol. The predicted octanol–water partition coefficient (Wildman–Crippen LogP) is 1.90. The van der Waals surface area contributed by atoms with Crippen molar-refractivity contribution in [2.24, 2.45) is 0 Å². The molecule has 0 aliphatic heterocycles. The first-order chi connectivity index (χ1) is 10.2. The number of nitrogens with zero attached hydrogens (tertiary/aromatic N) is 2. The van der Waals surface area contributed by atoms with Gasteiger partial charge in [0.2, 0.25) is 0 Å². The van der Waals surface area contributed by atoms with Gasteiger partial charge in [-0.25, -0.2) is 8.78 Å². The Morgan fingerprint density at radius 1 is 0.909 bits per heavy atom. The van der Waals surface area contributed by atoms with E-state index in [1.54, 1.807) is 0 Å². The first-order valence-electron chi connectivity index (χ1n) is 5.98. The molecule has 1 aromatic carbocycles. The van der Waals surface area contributed by atoms with Crippen LogP contribution in [-0.2, 0) is 13.1 Å². The molecule has 2 aromatic rings. The highest BCUT2D eigenvalue weighted by atomic mass is 19.4. The minimum absolute atomic E-state index is 0.189. The molecule has 0 spiro atoms. The Morgan fingerprint density at radius 3 is 2.09 bits per heavy atom. The van der Waals surface area contributed by atoms with Crippen molar-refractivity contribution in [2.75, 3.05) is 0 Å². The summed E-state index contributed by atoms with van der Waals surface area (Å²) in [7, 11) is 0. The molecule has 0 N–H and O–H groups in total. The average molecular weight is 320 g/mol. The van der Waals surface area contributed by atoms with E-state index >= 15 is 0 Å². The van der Waals surface area contributed by atoms with Gasteiger partial charge in [-0.2, -0.15) is 13.2 Å². The quantitative estimate of drug-likeness (QED) is 0.640. The van der Waals surface area contributed by atoms with Crippen molar-refractivity contribution in [2.45, 2.75) is 19.3 Å². The maximum Gasteiger partial charge on any atom is 0.406 e. The molecule has 0 saturated carbocycles. The topological polar surface area (TPSA) is 44.0 Å². The molecule has 0 unspecified atom stereocenters. The summed E-state index contributed by atoms with van der Waals surface area (Å²) < 4.78 is 63.6. The normalized spacial score (nSPS) is 11.7. The molecule has 0 fully saturated rings. The van der Waals surface area contributed by atoms with Crippen LogP contribution in [0.15, 0.2) is 40.2 Å². The standard InChI is InChI=1S/C13H9F5N2O2/c14-9-2-1-8(5-10(9)15)6-19-3-4-20(7-13(16,17)18)12(22)11(19)21/h1-5H,6-7H2. The summed E-state index contributed by atoms with van der Waals surface area (Å²) in [5.41, 5.74) is -2.34. The van der Waals surface area contributed by atoms with Crippen LogP contribution in [-0.4, -0.2) is 15.3 Å². The summed E-state index contributed by atoms with van der Waals surface area (Å²) in [5, 5.41) is 0. The molecule has 1 heterocycles. The molecule has 2 rings (SSSR count). The van der Waals surface area contributed by atoms with Crippen molar-refractivity contribution in [1.82, 2.24) is 9.13 Å². The van der Waals surface area contributed by atoms with Crippen molar-refractivity contribution >= 4 is 0 Å². The zero-order valence-corrected chi connectivity index (χ0v) is 10.9. The number of halogens is 5. The fourth-order valence-corrected chi connectivity index (χ4v) is 1.82. The molecule has 0 saturated heterocycles. The maximum atomic E-state index is 13.1. The van der Waals surface area contributed by atoms with E-state index in [1.807, 2.05) is 0 Å². The molecule has 0 aliphatic carbocycles. The van der Waals surface area contributed by atoms with E-state index in [9.17, 15) is 31.5 Å². The Morgan fingerprint density at radius 2 is 1.50 bits per heavy atom. The lowest BCUT2D eigenvalue weighted by Crippen LogP contribution is -2.42. The third-order valence-electron chi connectivity index (χ3n) is 2.82. The number of alkyl halides is 3. The Labute approximate surface area is 120 Å². The molecule has 0 bridgehead atoms. The Balaban J connectivity index is 2.34. The maximum absolute atomic E-state index is 13.1. The first kappa shape index (κ1) is 15.9. The summed E-state index contributed by atoms with van der Waals surface area (Å²) in [4.78, 5) is 23.3. The van der Waals surface area contributed by atoms with Gasteiger partial charge in [-0.3, -0.25) is 9.59 Å². The van der Waals surface area contributed by atoms with Crippen LogP contribution in [0.1, 0.15) is 5.56 Å². The molecule has 9 heteroatoms. The van der Waals surface area contributed by atoms with Crippen molar-refractivity contribution in [3.8, 4) is 0 Å². The highest BCUT2D eigenvalue weighted by Gasteiger charge is 2.28. The second-order valence-electron chi connectivity index (χ2n) is 4.53. The van der Waals surface area contributed by atoms with Gasteiger partial charge >= 0.3 is 17.3 Å². The minimum Gasteiger partial charge on any atom is -0.305 e. The minimum atomic E-state index is -4.64. The molecule has 0 radical (unpaired) electrons. The zero-order chi connectivity index (χ0) is 16.5. The van der Waals surface area contributed by atoms with Gasteiger partial charge in [0.05, 0.1) is 6.54 Å². The van der Waals surface area contributed by atoms with E-state index in [0.717, 1.165) is 29.1 Å². The molecule has 118 valence electrons. The Bertz CT molecular complexity index is 807. The van der Waals surface area contributed by atoms with Crippen molar-refractivity contribution < 1.29 is 22.0 Å². The van der Waals surface area contributed by atoms with Crippen molar-refractivity contribution in [3.63, 3.8) is 0 Å². The van der Waals surface area contributed by atoms with Crippen molar-refractivity contribution in [3.05, 3.63) is 68.5 Å².